The smallest absolute Gasteiger partial charge is 0.243 e. The molecule has 0 radical (unpaired) electrons. The van der Waals surface area contributed by atoms with Crippen LogP contribution in [0.25, 0.3) is 0 Å². The van der Waals surface area contributed by atoms with Crippen molar-refractivity contribution in [3.8, 4) is 0 Å². The number of hydrogen-bond acceptors (Lipinski definition) is 4. The minimum atomic E-state index is -0.149. The fourth-order valence-corrected chi connectivity index (χ4v) is 1.37. The Morgan fingerprint density at radius 1 is 1.35 bits per heavy atom. The normalized spacial score (nSPS) is 10.1. The monoisotopic (exact) mass is 231 g/mol. The molecule has 0 saturated heterocycles. The summed E-state index contributed by atoms with van der Waals surface area (Å²) < 4.78 is 0. The number of anilines is 1. The second kappa shape index (κ2) is 5.11. The molecule has 3 N–H and O–H groups in total. The van der Waals surface area contributed by atoms with Gasteiger partial charge in [-0.05, 0) is 5.56 Å². The Balaban J connectivity index is 1.82. The summed E-state index contributed by atoms with van der Waals surface area (Å²) in [5.41, 5.74) is 6.44. The van der Waals surface area contributed by atoms with Gasteiger partial charge in [-0.25, -0.2) is 0 Å². The van der Waals surface area contributed by atoms with Gasteiger partial charge in [0.05, 0.1) is 6.20 Å². The Bertz CT molecular complexity index is 494. The molecule has 2 aromatic rings. The molecule has 1 heterocycles. The van der Waals surface area contributed by atoms with Gasteiger partial charge >= 0.3 is 0 Å². The molecule has 0 bridgehead atoms. The van der Waals surface area contributed by atoms with E-state index in [1.54, 1.807) is 0 Å². The van der Waals surface area contributed by atoms with E-state index in [-0.39, 0.29) is 12.5 Å². The summed E-state index contributed by atoms with van der Waals surface area (Å²) >= 11 is 0. The van der Waals surface area contributed by atoms with Crippen molar-refractivity contribution in [2.75, 3.05) is 5.73 Å². The Morgan fingerprint density at radius 3 is 2.76 bits per heavy atom. The number of nitrogens with two attached hydrogens (primary N) is 1. The van der Waals surface area contributed by atoms with Gasteiger partial charge in [0.2, 0.25) is 5.91 Å². The standard InChI is InChI=1S/C11H13N5O/c12-10-7-14-16(15-10)8-11(17)13-6-9-4-2-1-3-5-9/h1-5,7H,6,8H2,(H2,12,15)(H,13,17). The highest BCUT2D eigenvalue weighted by atomic mass is 16.2. The van der Waals surface area contributed by atoms with Crippen molar-refractivity contribution in [2.45, 2.75) is 13.1 Å². The highest BCUT2D eigenvalue weighted by Gasteiger charge is 2.04. The number of benzene rings is 1. The largest absolute Gasteiger partial charge is 0.381 e. The topological polar surface area (TPSA) is 85.8 Å². The Labute approximate surface area is 98.4 Å². The predicted molar refractivity (Wildman–Crippen MR) is 62.7 cm³/mol. The third-order valence-electron chi connectivity index (χ3n) is 2.17. The van der Waals surface area contributed by atoms with Crippen LogP contribution >= 0.6 is 0 Å². The second-order valence-electron chi connectivity index (χ2n) is 3.56. The van der Waals surface area contributed by atoms with E-state index in [2.05, 4.69) is 15.5 Å². The van der Waals surface area contributed by atoms with E-state index in [0.717, 1.165) is 5.56 Å². The van der Waals surface area contributed by atoms with Crippen LogP contribution < -0.4 is 11.1 Å². The van der Waals surface area contributed by atoms with Crippen molar-refractivity contribution in [3.05, 3.63) is 42.1 Å². The number of carbonyl (C=O) groups is 1. The molecule has 0 aliphatic rings. The lowest BCUT2D eigenvalue weighted by Crippen LogP contribution is -2.28. The summed E-state index contributed by atoms with van der Waals surface area (Å²) in [6.07, 6.45) is 1.41. The summed E-state index contributed by atoms with van der Waals surface area (Å²) in [7, 11) is 0. The highest BCUT2D eigenvalue weighted by molar-refractivity contribution is 5.75. The number of nitrogens with one attached hydrogen (secondary N) is 1. The molecule has 1 aromatic heterocycles. The van der Waals surface area contributed by atoms with Crippen molar-refractivity contribution in [1.82, 2.24) is 20.3 Å². The minimum Gasteiger partial charge on any atom is -0.381 e. The van der Waals surface area contributed by atoms with Gasteiger partial charge < -0.3 is 11.1 Å². The first kappa shape index (κ1) is 11.1. The van der Waals surface area contributed by atoms with Crippen LogP contribution in [-0.4, -0.2) is 20.9 Å². The fraction of sp³-hybridized carbons (Fsp3) is 0.182. The molecule has 88 valence electrons. The zero-order chi connectivity index (χ0) is 12.1. The molecule has 0 saturated carbocycles. The highest BCUT2D eigenvalue weighted by Crippen LogP contribution is 1.97. The number of hydrogen-bond donors (Lipinski definition) is 2. The van der Waals surface area contributed by atoms with Crippen LogP contribution in [0.2, 0.25) is 0 Å². The maximum absolute atomic E-state index is 11.5. The van der Waals surface area contributed by atoms with E-state index in [0.29, 0.717) is 12.4 Å². The van der Waals surface area contributed by atoms with Gasteiger partial charge in [0.1, 0.15) is 6.54 Å². The zero-order valence-electron chi connectivity index (χ0n) is 9.21. The quantitative estimate of drug-likeness (QED) is 0.785. The number of rotatable bonds is 4. The lowest BCUT2D eigenvalue weighted by atomic mass is 10.2. The Kier molecular flexibility index (Phi) is 3.34. The molecule has 0 fully saturated rings. The summed E-state index contributed by atoms with van der Waals surface area (Å²) in [4.78, 5) is 12.8. The summed E-state index contributed by atoms with van der Waals surface area (Å²) in [6.45, 7) is 0.570. The molecule has 1 aromatic carbocycles. The fourth-order valence-electron chi connectivity index (χ4n) is 1.37. The summed E-state index contributed by atoms with van der Waals surface area (Å²) in [5, 5.41) is 10.4. The van der Waals surface area contributed by atoms with Gasteiger partial charge in [0.25, 0.3) is 0 Å². The van der Waals surface area contributed by atoms with Crippen LogP contribution in [0.1, 0.15) is 5.56 Å². The van der Waals surface area contributed by atoms with Crippen molar-refractivity contribution >= 4 is 11.7 Å². The van der Waals surface area contributed by atoms with Crippen molar-refractivity contribution in [3.63, 3.8) is 0 Å². The number of nitrogens with zero attached hydrogens (tertiary/aromatic N) is 3. The van der Waals surface area contributed by atoms with Crippen LogP contribution in [-0.2, 0) is 17.9 Å². The predicted octanol–water partition coefficient (Wildman–Crippen LogP) is 0.177. The van der Waals surface area contributed by atoms with E-state index in [9.17, 15) is 4.79 Å². The second-order valence-corrected chi connectivity index (χ2v) is 3.56. The van der Waals surface area contributed by atoms with Crippen molar-refractivity contribution < 1.29 is 4.79 Å². The van der Waals surface area contributed by atoms with E-state index in [4.69, 9.17) is 5.73 Å². The number of aromatic nitrogens is 3. The van der Waals surface area contributed by atoms with Crippen LogP contribution in [0.5, 0.6) is 0 Å². The maximum atomic E-state index is 11.5. The number of nitrogen functional groups attached to an aromatic ring is 1. The first-order valence-corrected chi connectivity index (χ1v) is 5.20. The van der Waals surface area contributed by atoms with Gasteiger partial charge in [-0.15, -0.1) is 5.10 Å². The van der Waals surface area contributed by atoms with Gasteiger partial charge in [-0.2, -0.15) is 9.90 Å². The molecule has 2 rings (SSSR count). The van der Waals surface area contributed by atoms with Gasteiger partial charge in [-0.3, -0.25) is 4.79 Å². The van der Waals surface area contributed by atoms with E-state index < -0.39 is 0 Å². The summed E-state index contributed by atoms with van der Waals surface area (Å²) in [6, 6.07) is 9.69. The molecular formula is C11H13N5O. The molecule has 6 nitrogen and oxygen atoms in total. The van der Waals surface area contributed by atoms with Gasteiger partial charge in [0, 0.05) is 6.54 Å². The first-order chi connectivity index (χ1) is 8.24. The van der Waals surface area contributed by atoms with Crippen LogP contribution in [0, 0.1) is 0 Å². The average molecular weight is 231 g/mol. The van der Waals surface area contributed by atoms with Gasteiger partial charge in [0.15, 0.2) is 5.82 Å². The van der Waals surface area contributed by atoms with E-state index in [1.807, 2.05) is 30.3 Å². The number of carbonyl (C=O) groups excluding carboxylic acids is 1. The lowest BCUT2D eigenvalue weighted by molar-refractivity contribution is -0.122. The Hall–Kier alpha value is -2.37. The van der Waals surface area contributed by atoms with E-state index in [1.165, 1.54) is 11.0 Å². The third kappa shape index (κ3) is 3.30. The van der Waals surface area contributed by atoms with Crippen LogP contribution in [0.3, 0.4) is 0 Å². The van der Waals surface area contributed by atoms with Gasteiger partial charge in [-0.1, -0.05) is 30.3 Å². The maximum Gasteiger partial charge on any atom is 0.243 e. The molecule has 0 unspecified atom stereocenters. The molecular weight excluding hydrogens is 218 g/mol. The molecule has 0 spiro atoms. The molecule has 0 atom stereocenters. The molecule has 0 aliphatic heterocycles. The average Bonchev–Trinajstić information content (AvgIpc) is 2.73. The number of amides is 1. The molecule has 17 heavy (non-hydrogen) atoms. The first-order valence-electron chi connectivity index (χ1n) is 5.20. The zero-order valence-corrected chi connectivity index (χ0v) is 9.21. The molecule has 6 heteroatoms. The lowest BCUT2D eigenvalue weighted by Gasteiger charge is -2.04. The summed E-state index contributed by atoms with van der Waals surface area (Å²) in [5.74, 6) is 0.158. The third-order valence-corrected chi connectivity index (χ3v) is 2.17. The Morgan fingerprint density at radius 2 is 2.12 bits per heavy atom. The minimum absolute atomic E-state index is 0.0734. The molecule has 1 amide bonds. The van der Waals surface area contributed by atoms with Crippen molar-refractivity contribution in [2.24, 2.45) is 0 Å². The van der Waals surface area contributed by atoms with Crippen molar-refractivity contribution in [1.29, 1.82) is 0 Å². The van der Waals surface area contributed by atoms with E-state index >= 15 is 0 Å². The van der Waals surface area contributed by atoms with Crippen LogP contribution in [0.15, 0.2) is 36.5 Å². The van der Waals surface area contributed by atoms with Crippen LogP contribution in [0.4, 0.5) is 5.82 Å². The SMILES string of the molecule is Nc1cnn(CC(=O)NCc2ccccc2)n1. The molecule has 0 aliphatic carbocycles.